The third kappa shape index (κ3) is 1.58. The molecular weight excluding hydrogens is 169 g/mol. The van der Waals surface area contributed by atoms with E-state index in [4.69, 9.17) is 25.5 Å². The molecule has 1 saturated heterocycles. The minimum atomic E-state index is -1.57. The maximum atomic E-state index is 9.12. The number of hydrogen-bond donors (Lipinski definition) is 5. The highest BCUT2D eigenvalue weighted by Crippen LogP contribution is 2.18. The number of aliphatic hydroxyl groups excluding tert-OH is 5. The number of hydrogen-bond acceptors (Lipinski definition) is 6. The van der Waals surface area contributed by atoms with Crippen LogP contribution in [0.15, 0.2) is 0 Å². The molecule has 1 aliphatic rings. The van der Waals surface area contributed by atoms with E-state index < -0.39 is 37.3 Å². The molecule has 0 aromatic rings. The van der Waals surface area contributed by atoms with E-state index in [1.54, 1.807) is 0 Å². The molecule has 72 valence electrons. The molecule has 0 aromatic carbocycles. The summed E-state index contributed by atoms with van der Waals surface area (Å²) in [5, 5.41) is 44.7. The first-order valence-electron chi connectivity index (χ1n) is 3.56. The van der Waals surface area contributed by atoms with Crippen LogP contribution in [0.2, 0.25) is 0 Å². The van der Waals surface area contributed by atoms with Gasteiger partial charge in [-0.3, -0.25) is 0 Å². The van der Waals surface area contributed by atoms with E-state index in [1.165, 1.54) is 0 Å². The van der Waals surface area contributed by atoms with Gasteiger partial charge in [0.25, 0.3) is 0 Å². The van der Waals surface area contributed by atoms with Crippen LogP contribution in [0.5, 0.6) is 0 Å². The van der Waals surface area contributed by atoms with Crippen LogP contribution < -0.4 is 0 Å². The maximum absolute atomic E-state index is 9.12. The summed E-state index contributed by atoms with van der Waals surface area (Å²) in [4.78, 5) is 0. The second-order valence-electron chi connectivity index (χ2n) is 2.72. The van der Waals surface area contributed by atoms with Gasteiger partial charge in [-0.15, -0.1) is 0 Å². The van der Waals surface area contributed by atoms with Gasteiger partial charge in [-0.2, -0.15) is 0 Å². The molecule has 1 unspecified atom stereocenters. The van der Waals surface area contributed by atoms with Crippen molar-refractivity contribution < 1.29 is 30.3 Å². The van der Waals surface area contributed by atoms with Crippen molar-refractivity contribution in [1.29, 1.82) is 0 Å². The predicted octanol–water partition coefficient (Wildman–Crippen LogP) is -3.22. The second-order valence-corrected chi connectivity index (χ2v) is 2.72. The van der Waals surface area contributed by atoms with Crippen molar-refractivity contribution in [3.05, 3.63) is 0 Å². The van der Waals surface area contributed by atoms with Crippen LogP contribution >= 0.6 is 0 Å². The molecule has 0 aromatic heterocycles. The van der Waals surface area contributed by atoms with Crippen molar-refractivity contribution in [3.8, 4) is 0 Å². The topological polar surface area (TPSA) is 110 Å². The summed E-state index contributed by atoms with van der Waals surface area (Å²) in [6.45, 7) is -0.526. The summed E-state index contributed by atoms with van der Waals surface area (Å²) in [6, 6.07) is 0. The quantitative estimate of drug-likeness (QED) is 0.272. The molecule has 1 aliphatic heterocycles. The monoisotopic (exact) mass is 181 g/mol. The third-order valence-electron chi connectivity index (χ3n) is 1.87. The summed E-state index contributed by atoms with van der Waals surface area (Å²) in [6.07, 6.45) is -7.04. The Balaban J connectivity index is 2.63. The SMILES string of the molecule is OC[C@H]1OC(O)[13C@@H](O)[C@@H](O)[C@@H]1O. The van der Waals surface area contributed by atoms with Crippen LogP contribution in [0.1, 0.15) is 0 Å². The summed E-state index contributed by atoms with van der Waals surface area (Å²) >= 11 is 0. The minimum Gasteiger partial charge on any atom is -0.394 e. The Morgan fingerprint density at radius 3 is 2.00 bits per heavy atom. The van der Waals surface area contributed by atoms with Crippen molar-refractivity contribution in [3.63, 3.8) is 0 Å². The zero-order valence-corrected chi connectivity index (χ0v) is 6.24. The molecule has 5 atom stereocenters. The first-order valence-corrected chi connectivity index (χ1v) is 3.56. The average molecular weight is 181 g/mol. The first kappa shape index (κ1) is 9.85. The lowest BCUT2D eigenvalue weighted by molar-refractivity contribution is -0.286. The molecule has 0 bridgehead atoms. The normalized spacial score (nSPS) is 49.2. The molecule has 0 radical (unpaired) electrons. The lowest BCUT2D eigenvalue weighted by Gasteiger charge is -2.37. The summed E-state index contributed by atoms with van der Waals surface area (Å²) < 4.78 is 4.58. The number of aliphatic hydroxyl groups is 5. The highest BCUT2D eigenvalue weighted by Gasteiger charge is 2.42. The molecule has 1 heterocycles. The van der Waals surface area contributed by atoms with E-state index in [9.17, 15) is 0 Å². The molecule has 0 aliphatic carbocycles. The van der Waals surface area contributed by atoms with Crippen molar-refractivity contribution in [2.24, 2.45) is 0 Å². The zero-order chi connectivity index (χ0) is 9.30. The minimum absolute atomic E-state index is 0.526. The van der Waals surface area contributed by atoms with Gasteiger partial charge >= 0.3 is 0 Å². The van der Waals surface area contributed by atoms with Crippen LogP contribution in [-0.2, 0) is 4.74 Å². The Morgan fingerprint density at radius 2 is 1.50 bits per heavy atom. The largest absolute Gasteiger partial charge is 0.394 e. The Hall–Kier alpha value is -0.240. The van der Waals surface area contributed by atoms with Gasteiger partial charge in [0.15, 0.2) is 6.29 Å². The first-order chi connectivity index (χ1) is 5.57. The fourth-order valence-corrected chi connectivity index (χ4v) is 1.08. The van der Waals surface area contributed by atoms with E-state index >= 15 is 0 Å². The Labute approximate surface area is 68.6 Å². The zero-order valence-electron chi connectivity index (χ0n) is 6.24. The molecule has 6 nitrogen and oxygen atoms in total. The van der Waals surface area contributed by atoms with Gasteiger partial charge in [-0.05, 0) is 0 Å². The van der Waals surface area contributed by atoms with E-state index in [2.05, 4.69) is 4.74 Å². The molecule has 6 heteroatoms. The molecule has 12 heavy (non-hydrogen) atoms. The standard InChI is InChI=1S/C6H12O6/c7-1-2-3(8)4(9)5(10)6(11)12-2/h2-11H,1H2/t2-,3-,4+,5+,6?/m1/s1/i5+1. The lowest BCUT2D eigenvalue weighted by Crippen LogP contribution is -2.58. The van der Waals surface area contributed by atoms with Crippen molar-refractivity contribution in [1.82, 2.24) is 0 Å². The van der Waals surface area contributed by atoms with Gasteiger partial charge in [0.2, 0.25) is 0 Å². The van der Waals surface area contributed by atoms with Crippen LogP contribution in [0.3, 0.4) is 0 Å². The highest BCUT2D eigenvalue weighted by molar-refractivity contribution is 4.87. The third-order valence-corrected chi connectivity index (χ3v) is 1.87. The fraction of sp³-hybridized carbons (Fsp3) is 1.00. The van der Waals surface area contributed by atoms with Gasteiger partial charge in [-0.1, -0.05) is 0 Å². The molecule has 1 fully saturated rings. The van der Waals surface area contributed by atoms with Gasteiger partial charge in [0, 0.05) is 0 Å². The Morgan fingerprint density at radius 1 is 0.917 bits per heavy atom. The van der Waals surface area contributed by atoms with E-state index in [-0.39, 0.29) is 0 Å². The summed E-state index contributed by atoms with van der Waals surface area (Å²) in [7, 11) is 0. The molecule has 0 spiro atoms. The number of rotatable bonds is 1. The van der Waals surface area contributed by atoms with Gasteiger partial charge in [0.05, 0.1) is 6.61 Å². The smallest absolute Gasteiger partial charge is 0.184 e. The highest BCUT2D eigenvalue weighted by atomic mass is 16.7. The van der Waals surface area contributed by atoms with Gasteiger partial charge < -0.3 is 30.3 Å². The molecule has 1 rings (SSSR count). The van der Waals surface area contributed by atoms with Crippen molar-refractivity contribution in [2.75, 3.05) is 6.61 Å². The second kappa shape index (κ2) is 3.65. The van der Waals surface area contributed by atoms with Gasteiger partial charge in [0.1, 0.15) is 24.4 Å². The van der Waals surface area contributed by atoms with Crippen molar-refractivity contribution in [2.45, 2.75) is 30.7 Å². The maximum Gasteiger partial charge on any atom is 0.184 e. The van der Waals surface area contributed by atoms with Crippen LogP contribution in [0.4, 0.5) is 0 Å². The van der Waals surface area contributed by atoms with E-state index in [0.717, 1.165) is 0 Å². The molecule has 5 N–H and O–H groups in total. The van der Waals surface area contributed by atoms with E-state index in [0.29, 0.717) is 0 Å². The van der Waals surface area contributed by atoms with Gasteiger partial charge in [-0.25, -0.2) is 0 Å². The Bertz CT molecular complexity index is 146. The molecule has 0 amide bonds. The number of ether oxygens (including phenoxy) is 1. The Kier molecular flexibility index (Phi) is 2.99. The van der Waals surface area contributed by atoms with E-state index in [1.807, 2.05) is 0 Å². The van der Waals surface area contributed by atoms with Crippen LogP contribution in [0.25, 0.3) is 0 Å². The summed E-state index contributed by atoms with van der Waals surface area (Å²) in [5.74, 6) is 0. The van der Waals surface area contributed by atoms with Crippen LogP contribution in [0, 0.1) is 0 Å². The van der Waals surface area contributed by atoms with Crippen molar-refractivity contribution >= 4 is 0 Å². The van der Waals surface area contributed by atoms with Crippen LogP contribution in [-0.4, -0.2) is 62.8 Å². The average Bonchev–Trinajstić information content (AvgIpc) is 2.08. The fourth-order valence-electron chi connectivity index (χ4n) is 1.08. The molecule has 0 saturated carbocycles. The lowest BCUT2D eigenvalue weighted by atomic mass is 10.1. The molecular formula is C6H12O6. The summed E-state index contributed by atoms with van der Waals surface area (Å²) in [5.41, 5.74) is 0. The predicted molar refractivity (Wildman–Crippen MR) is 36.0 cm³/mol.